The lowest BCUT2D eigenvalue weighted by atomic mass is 9.57. The van der Waals surface area contributed by atoms with Gasteiger partial charge in [-0.25, -0.2) is 0 Å². The maximum absolute atomic E-state index is 5.90. The summed E-state index contributed by atoms with van der Waals surface area (Å²) < 4.78 is 5.90. The van der Waals surface area contributed by atoms with Crippen molar-refractivity contribution in [3.8, 4) is 0 Å². The zero-order valence-corrected chi connectivity index (χ0v) is 17.4. The van der Waals surface area contributed by atoms with Gasteiger partial charge in [-0.3, -0.25) is 4.99 Å². The van der Waals surface area contributed by atoms with Crippen LogP contribution >= 0.6 is 24.0 Å². The van der Waals surface area contributed by atoms with Gasteiger partial charge in [0.25, 0.3) is 0 Å². The van der Waals surface area contributed by atoms with E-state index in [1.165, 1.54) is 32.1 Å². The molecule has 2 aliphatic carbocycles. The van der Waals surface area contributed by atoms with E-state index >= 15 is 0 Å². The first-order valence-corrected chi connectivity index (χ1v) is 9.21. The van der Waals surface area contributed by atoms with Gasteiger partial charge in [-0.1, -0.05) is 33.6 Å². The quantitative estimate of drug-likeness (QED) is 0.405. The van der Waals surface area contributed by atoms with Crippen molar-refractivity contribution >= 4 is 29.9 Å². The SMILES string of the molecule is CCN=C(NC1CCCC(C)C1)NC1C2CCOC2C1(C)C.I. The monoisotopic (exact) mass is 435 g/mol. The molecule has 3 fully saturated rings. The van der Waals surface area contributed by atoms with Gasteiger partial charge in [0.15, 0.2) is 5.96 Å². The van der Waals surface area contributed by atoms with Gasteiger partial charge in [-0.05, 0) is 32.1 Å². The Bertz CT molecular complexity index is 426. The number of nitrogens with one attached hydrogen (secondary N) is 2. The number of fused-ring (bicyclic) bond motifs is 1. The normalized spacial score (nSPS) is 39.0. The zero-order chi connectivity index (χ0) is 15.7. The molecule has 2 N–H and O–H groups in total. The molecular formula is C18H34IN3O. The number of aliphatic imine (C=N–C) groups is 1. The van der Waals surface area contributed by atoms with E-state index in [1.54, 1.807) is 0 Å². The molecule has 0 bridgehead atoms. The average molecular weight is 435 g/mol. The molecule has 0 radical (unpaired) electrons. The van der Waals surface area contributed by atoms with Gasteiger partial charge in [-0.15, -0.1) is 24.0 Å². The Kier molecular flexibility index (Phi) is 6.62. The number of halogens is 1. The Labute approximate surface area is 158 Å². The molecule has 3 aliphatic rings. The minimum atomic E-state index is 0. The van der Waals surface area contributed by atoms with Crippen molar-refractivity contribution in [3.05, 3.63) is 0 Å². The Morgan fingerprint density at radius 2 is 2.00 bits per heavy atom. The fraction of sp³-hybridized carbons (Fsp3) is 0.944. The molecular weight excluding hydrogens is 401 g/mol. The van der Waals surface area contributed by atoms with Crippen LogP contribution in [0.5, 0.6) is 0 Å². The molecule has 5 atom stereocenters. The molecule has 0 spiro atoms. The first-order valence-electron chi connectivity index (χ1n) is 9.21. The lowest BCUT2D eigenvalue weighted by Gasteiger charge is -2.55. The van der Waals surface area contributed by atoms with E-state index in [4.69, 9.17) is 9.73 Å². The lowest BCUT2D eigenvalue weighted by molar-refractivity contribution is -0.106. The minimum absolute atomic E-state index is 0. The van der Waals surface area contributed by atoms with Crippen LogP contribution in [0.1, 0.15) is 59.8 Å². The van der Waals surface area contributed by atoms with E-state index in [2.05, 4.69) is 38.3 Å². The van der Waals surface area contributed by atoms with E-state index in [0.29, 0.717) is 24.1 Å². The molecule has 1 aliphatic heterocycles. The second-order valence-electron chi connectivity index (χ2n) is 8.12. The van der Waals surface area contributed by atoms with Crippen molar-refractivity contribution in [1.29, 1.82) is 0 Å². The van der Waals surface area contributed by atoms with Gasteiger partial charge in [0.05, 0.1) is 6.10 Å². The summed E-state index contributed by atoms with van der Waals surface area (Å²) >= 11 is 0. The summed E-state index contributed by atoms with van der Waals surface area (Å²) in [6.07, 6.45) is 6.88. The fourth-order valence-corrected chi connectivity index (χ4v) is 4.81. The van der Waals surface area contributed by atoms with Crippen LogP contribution < -0.4 is 10.6 Å². The van der Waals surface area contributed by atoms with E-state index in [1.807, 2.05) is 0 Å². The topological polar surface area (TPSA) is 45.7 Å². The highest BCUT2D eigenvalue weighted by Crippen LogP contribution is 2.52. The van der Waals surface area contributed by atoms with Crippen molar-refractivity contribution in [2.24, 2.45) is 22.2 Å². The number of rotatable bonds is 3. The first-order chi connectivity index (χ1) is 10.5. The summed E-state index contributed by atoms with van der Waals surface area (Å²) in [5, 5.41) is 7.44. The van der Waals surface area contributed by atoms with Crippen LogP contribution in [0, 0.1) is 17.3 Å². The summed E-state index contributed by atoms with van der Waals surface area (Å²) in [6, 6.07) is 1.07. The molecule has 4 nitrogen and oxygen atoms in total. The maximum atomic E-state index is 5.90. The third-order valence-electron chi connectivity index (χ3n) is 5.99. The molecule has 3 rings (SSSR count). The summed E-state index contributed by atoms with van der Waals surface area (Å²) in [5.41, 5.74) is 0.206. The smallest absolute Gasteiger partial charge is 0.191 e. The fourth-order valence-electron chi connectivity index (χ4n) is 4.81. The van der Waals surface area contributed by atoms with E-state index in [-0.39, 0.29) is 29.4 Å². The largest absolute Gasteiger partial charge is 0.377 e. The molecule has 1 heterocycles. The van der Waals surface area contributed by atoms with Crippen molar-refractivity contribution in [3.63, 3.8) is 0 Å². The highest BCUT2D eigenvalue weighted by Gasteiger charge is 2.59. The van der Waals surface area contributed by atoms with Gasteiger partial charge >= 0.3 is 0 Å². The predicted octanol–water partition coefficient (Wildman–Crippen LogP) is 3.55. The van der Waals surface area contributed by atoms with E-state index < -0.39 is 0 Å². The summed E-state index contributed by atoms with van der Waals surface area (Å²) in [5.74, 6) is 2.51. The van der Waals surface area contributed by atoms with Crippen molar-refractivity contribution in [2.45, 2.75) is 78.0 Å². The summed E-state index contributed by atoms with van der Waals surface area (Å²) in [6.45, 7) is 10.9. The molecule has 1 saturated heterocycles. The third kappa shape index (κ3) is 3.97. The standard InChI is InChI=1S/C18H33N3O.HI/c1-5-19-17(20-13-8-6-7-12(2)11-13)21-15-14-9-10-22-16(14)18(15,3)4;/h12-16H,5-11H2,1-4H3,(H2,19,20,21);1H. The zero-order valence-electron chi connectivity index (χ0n) is 15.1. The Morgan fingerprint density at radius 3 is 2.70 bits per heavy atom. The second-order valence-corrected chi connectivity index (χ2v) is 8.12. The molecule has 0 amide bonds. The average Bonchev–Trinajstić information content (AvgIpc) is 2.92. The minimum Gasteiger partial charge on any atom is -0.377 e. The lowest BCUT2D eigenvalue weighted by Crippen LogP contribution is -2.68. The summed E-state index contributed by atoms with van der Waals surface area (Å²) in [7, 11) is 0. The van der Waals surface area contributed by atoms with Crippen LogP contribution in [0.4, 0.5) is 0 Å². The van der Waals surface area contributed by atoms with Crippen LogP contribution in [-0.4, -0.2) is 37.3 Å². The first kappa shape index (κ1) is 19.3. The maximum Gasteiger partial charge on any atom is 0.191 e. The van der Waals surface area contributed by atoms with Crippen LogP contribution in [-0.2, 0) is 4.74 Å². The molecule has 5 heteroatoms. The highest BCUT2D eigenvalue weighted by molar-refractivity contribution is 14.0. The van der Waals surface area contributed by atoms with Gasteiger partial charge in [0.2, 0.25) is 0 Å². The highest BCUT2D eigenvalue weighted by atomic mass is 127. The summed E-state index contributed by atoms with van der Waals surface area (Å²) in [4.78, 5) is 4.70. The van der Waals surface area contributed by atoms with Gasteiger partial charge in [0, 0.05) is 36.6 Å². The number of hydrogen-bond acceptors (Lipinski definition) is 2. The number of guanidine groups is 1. The third-order valence-corrected chi connectivity index (χ3v) is 5.99. The molecule has 0 aromatic rings. The Morgan fingerprint density at radius 1 is 1.22 bits per heavy atom. The predicted molar refractivity (Wildman–Crippen MR) is 106 cm³/mol. The van der Waals surface area contributed by atoms with Crippen LogP contribution in [0.15, 0.2) is 4.99 Å². The van der Waals surface area contributed by atoms with Gasteiger partial charge in [0.1, 0.15) is 0 Å². The van der Waals surface area contributed by atoms with E-state index in [9.17, 15) is 0 Å². The number of hydrogen-bond donors (Lipinski definition) is 2. The van der Waals surface area contributed by atoms with Gasteiger partial charge in [-0.2, -0.15) is 0 Å². The van der Waals surface area contributed by atoms with Crippen LogP contribution in [0.2, 0.25) is 0 Å². The van der Waals surface area contributed by atoms with Crippen molar-refractivity contribution < 1.29 is 4.74 Å². The number of ether oxygens (including phenoxy) is 1. The van der Waals surface area contributed by atoms with Crippen molar-refractivity contribution in [1.82, 2.24) is 10.6 Å². The molecule has 2 saturated carbocycles. The molecule has 0 aromatic heterocycles. The number of nitrogens with zero attached hydrogens (tertiary/aromatic N) is 1. The Hall–Kier alpha value is -0.0400. The van der Waals surface area contributed by atoms with Crippen molar-refractivity contribution in [2.75, 3.05) is 13.2 Å². The van der Waals surface area contributed by atoms with Gasteiger partial charge < -0.3 is 15.4 Å². The molecule has 134 valence electrons. The Balaban J connectivity index is 0.00000192. The molecule has 5 unspecified atom stereocenters. The molecule has 23 heavy (non-hydrogen) atoms. The van der Waals surface area contributed by atoms with E-state index in [0.717, 1.165) is 25.0 Å². The van der Waals surface area contributed by atoms with Crippen LogP contribution in [0.25, 0.3) is 0 Å². The molecule has 0 aromatic carbocycles. The van der Waals surface area contributed by atoms with Crippen LogP contribution in [0.3, 0.4) is 0 Å². The second kappa shape index (κ2) is 7.89.